The van der Waals surface area contributed by atoms with Gasteiger partial charge in [0.15, 0.2) is 16.6 Å². The highest BCUT2D eigenvalue weighted by molar-refractivity contribution is 14.1. The first kappa shape index (κ1) is 23.8. The fraction of sp³-hybridized carbons (Fsp3) is 0.0800. The predicted octanol–water partition coefficient (Wildman–Crippen LogP) is 4.85. The number of nitrogens with zero attached hydrogens (tertiary/aromatic N) is 1. The normalized spacial score (nSPS) is 14.9. The molecule has 1 N–H and O–H groups in total. The molecule has 3 aromatic rings. The van der Waals surface area contributed by atoms with Crippen LogP contribution in [0.2, 0.25) is 0 Å². The van der Waals surface area contributed by atoms with E-state index in [2.05, 4.69) is 27.9 Å². The summed E-state index contributed by atoms with van der Waals surface area (Å²) in [5.74, 6) is -1.08. The number of methoxy groups -OCH3 is 1. The van der Waals surface area contributed by atoms with Crippen LogP contribution < -0.4 is 19.7 Å². The van der Waals surface area contributed by atoms with Crippen molar-refractivity contribution in [3.05, 3.63) is 92.8 Å². The van der Waals surface area contributed by atoms with E-state index in [4.69, 9.17) is 21.7 Å². The van der Waals surface area contributed by atoms with Gasteiger partial charge >= 0.3 is 0 Å². The summed E-state index contributed by atoms with van der Waals surface area (Å²) in [6.07, 6.45) is 1.40. The minimum Gasteiger partial charge on any atom is -0.493 e. The van der Waals surface area contributed by atoms with Crippen molar-refractivity contribution in [3.63, 3.8) is 0 Å². The lowest BCUT2D eigenvalue weighted by Crippen LogP contribution is -2.54. The Kier molecular flexibility index (Phi) is 7.23. The number of carbonyl (C=O) groups excluding carboxylic acids is 2. The van der Waals surface area contributed by atoms with Crippen LogP contribution in [0.15, 0.2) is 72.3 Å². The average Bonchev–Trinajstić information content (AvgIpc) is 2.83. The summed E-state index contributed by atoms with van der Waals surface area (Å²) >= 11 is 7.35. The molecule has 2 amide bonds. The number of anilines is 1. The number of halogens is 2. The Morgan fingerprint density at radius 1 is 1.06 bits per heavy atom. The number of amides is 2. The van der Waals surface area contributed by atoms with Gasteiger partial charge in [-0.15, -0.1) is 0 Å². The first-order chi connectivity index (χ1) is 16.4. The zero-order valence-corrected chi connectivity index (χ0v) is 20.9. The van der Waals surface area contributed by atoms with Crippen molar-refractivity contribution in [2.45, 2.75) is 6.61 Å². The second-order valence-corrected chi connectivity index (χ2v) is 8.87. The van der Waals surface area contributed by atoms with Crippen LogP contribution in [0.3, 0.4) is 0 Å². The Morgan fingerprint density at radius 2 is 1.79 bits per heavy atom. The molecular weight excluding hydrogens is 570 g/mol. The molecule has 0 radical (unpaired) electrons. The highest BCUT2D eigenvalue weighted by Gasteiger charge is 2.35. The largest absolute Gasteiger partial charge is 0.493 e. The first-order valence-corrected chi connectivity index (χ1v) is 11.6. The summed E-state index contributed by atoms with van der Waals surface area (Å²) in [4.78, 5) is 26.6. The standard InChI is InChI=1S/C25H18FIN2O4S/c1-32-22-13-16(8-11-21(22)33-14-15-6-9-17(27)10-7-15)12-18-23(30)28-25(34)29(24(18)31)20-5-3-2-4-19(20)26/h2-13H,14H2,1H3,(H,28,30,34)/b18-12+. The SMILES string of the molecule is COc1cc(/C=C2\C(=O)NC(=S)N(c3ccccc3F)C2=O)ccc1OCc1ccc(I)cc1. The molecule has 1 saturated heterocycles. The quantitative estimate of drug-likeness (QED) is 0.193. The van der Waals surface area contributed by atoms with Crippen molar-refractivity contribution in [2.75, 3.05) is 12.0 Å². The van der Waals surface area contributed by atoms with E-state index in [1.165, 1.54) is 31.4 Å². The van der Waals surface area contributed by atoms with Gasteiger partial charge < -0.3 is 9.47 Å². The molecule has 6 nitrogen and oxygen atoms in total. The molecule has 1 heterocycles. The molecule has 1 aliphatic rings. The number of rotatable bonds is 6. The number of benzene rings is 3. The highest BCUT2D eigenvalue weighted by Crippen LogP contribution is 2.31. The fourth-order valence-electron chi connectivity index (χ4n) is 3.31. The molecule has 1 aliphatic heterocycles. The molecule has 0 aromatic heterocycles. The molecule has 9 heteroatoms. The Morgan fingerprint density at radius 3 is 2.50 bits per heavy atom. The van der Waals surface area contributed by atoms with Crippen molar-refractivity contribution in [1.29, 1.82) is 0 Å². The number of thiocarbonyl (C=S) groups is 1. The molecule has 0 bridgehead atoms. The second kappa shape index (κ2) is 10.3. The zero-order valence-electron chi connectivity index (χ0n) is 17.9. The minimum absolute atomic E-state index is 0.0414. The lowest BCUT2D eigenvalue weighted by atomic mass is 10.1. The number of nitrogens with one attached hydrogen (secondary N) is 1. The summed E-state index contributed by atoms with van der Waals surface area (Å²) in [5.41, 5.74) is 1.30. The van der Waals surface area contributed by atoms with Gasteiger partial charge in [-0.3, -0.25) is 14.9 Å². The maximum absolute atomic E-state index is 14.3. The van der Waals surface area contributed by atoms with Crippen LogP contribution in [0.25, 0.3) is 6.08 Å². The molecular formula is C25H18FIN2O4S. The first-order valence-electron chi connectivity index (χ1n) is 10.1. The van der Waals surface area contributed by atoms with E-state index in [0.29, 0.717) is 23.7 Å². The van der Waals surface area contributed by atoms with Crippen LogP contribution in [-0.2, 0) is 16.2 Å². The Hall–Kier alpha value is -3.31. The van der Waals surface area contributed by atoms with Crippen LogP contribution >= 0.6 is 34.8 Å². The molecule has 0 saturated carbocycles. The van der Waals surface area contributed by atoms with Gasteiger partial charge in [0, 0.05) is 3.57 Å². The van der Waals surface area contributed by atoms with Crippen LogP contribution in [0, 0.1) is 9.39 Å². The van der Waals surface area contributed by atoms with E-state index in [9.17, 15) is 14.0 Å². The average molecular weight is 588 g/mol. The molecule has 3 aromatic carbocycles. The summed E-state index contributed by atoms with van der Waals surface area (Å²) in [6.45, 7) is 0.351. The summed E-state index contributed by atoms with van der Waals surface area (Å²) < 4.78 is 26.8. The summed E-state index contributed by atoms with van der Waals surface area (Å²) in [6, 6.07) is 18.7. The van der Waals surface area contributed by atoms with Crippen molar-refractivity contribution in [2.24, 2.45) is 0 Å². The Labute approximate surface area is 214 Å². The van der Waals surface area contributed by atoms with E-state index in [0.717, 1.165) is 14.0 Å². The molecule has 34 heavy (non-hydrogen) atoms. The van der Waals surface area contributed by atoms with E-state index < -0.39 is 17.6 Å². The molecule has 0 spiro atoms. The van der Waals surface area contributed by atoms with Gasteiger partial charge in [0.1, 0.15) is 18.0 Å². The third-order valence-corrected chi connectivity index (χ3v) is 6.01. The number of para-hydroxylation sites is 1. The number of ether oxygens (including phenoxy) is 2. The van der Waals surface area contributed by atoms with Gasteiger partial charge in [-0.1, -0.05) is 30.3 Å². The van der Waals surface area contributed by atoms with Gasteiger partial charge in [-0.25, -0.2) is 9.29 Å². The molecule has 1 fully saturated rings. The molecule has 4 rings (SSSR count). The smallest absolute Gasteiger partial charge is 0.270 e. The monoisotopic (exact) mass is 588 g/mol. The van der Waals surface area contributed by atoms with Crippen molar-refractivity contribution in [1.82, 2.24) is 5.32 Å². The maximum Gasteiger partial charge on any atom is 0.270 e. The van der Waals surface area contributed by atoms with E-state index in [1.54, 1.807) is 24.3 Å². The van der Waals surface area contributed by atoms with E-state index >= 15 is 0 Å². The van der Waals surface area contributed by atoms with Crippen molar-refractivity contribution in [3.8, 4) is 11.5 Å². The van der Waals surface area contributed by atoms with Crippen LogP contribution in [-0.4, -0.2) is 24.0 Å². The number of hydrogen-bond donors (Lipinski definition) is 1. The molecule has 0 unspecified atom stereocenters. The third kappa shape index (κ3) is 5.10. The van der Waals surface area contributed by atoms with Gasteiger partial charge in [0.05, 0.1) is 12.8 Å². The third-order valence-electron chi connectivity index (χ3n) is 5.00. The lowest BCUT2D eigenvalue weighted by Gasteiger charge is -2.29. The molecule has 0 aliphatic carbocycles. The van der Waals surface area contributed by atoms with Crippen LogP contribution in [0.1, 0.15) is 11.1 Å². The lowest BCUT2D eigenvalue weighted by molar-refractivity contribution is -0.122. The predicted molar refractivity (Wildman–Crippen MR) is 139 cm³/mol. The number of hydrogen-bond acceptors (Lipinski definition) is 5. The Balaban J connectivity index is 1.60. The van der Waals surface area contributed by atoms with E-state index in [-0.39, 0.29) is 16.4 Å². The zero-order chi connectivity index (χ0) is 24.2. The molecule has 0 atom stereocenters. The van der Waals surface area contributed by atoms with Crippen molar-refractivity contribution >= 4 is 63.5 Å². The second-order valence-electron chi connectivity index (χ2n) is 7.23. The maximum atomic E-state index is 14.3. The topological polar surface area (TPSA) is 67.9 Å². The minimum atomic E-state index is -0.725. The summed E-state index contributed by atoms with van der Waals surface area (Å²) in [5, 5.41) is 2.26. The van der Waals surface area contributed by atoms with Crippen molar-refractivity contribution < 1.29 is 23.5 Å². The van der Waals surface area contributed by atoms with E-state index in [1.807, 2.05) is 24.3 Å². The summed E-state index contributed by atoms with van der Waals surface area (Å²) in [7, 11) is 1.50. The van der Waals surface area contributed by atoms with Crippen LogP contribution in [0.4, 0.5) is 10.1 Å². The number of carbonyl (C=O) groups is 2. The van der Waals surface area contributed by atoms with Gasteiger partial charge in [0.25, 0.3) is 11.8 Å². The van der Waals surface area contributed by atoms with Gasteiger partial charge in [-0.05, 0) is 88.4 Å². The fourth-order valence-corrected chi connectivity index (χ4v) is 3.94. The van der Waals surface area contributed by atoms with Crippen LogP contribution in [0.5, 0.6) is 11.5 Å². The Bertz CT molecular complexity index is 1310. The van der Waals surface area contributed by atoms with Gasteiger partial charge in [-0.2, -0.15) is 0 Å². The molecule has 172 valence electrons. The highest BCUT2D eigenvalue weighted by atomic mass is 127. The van der Waals surface area contributed by atoms with Gasteiger partial charge in [0.2, 0.25) is 0 Å².